The SMILES string of the molecule is N#CC(CCC(=O)O)(CCC(=O)O)c1ccc(Cl)cc1. The van der Waals surface area contributed by atoms with Crippen LogP contribution < -0.4 is 0 Å². The van der Waals surface area contributed by atoms with E-state index in [-0.39, 0.29) is 25.7 Å². The minimum absolute atomic E-state index is 0.0632. The molecular weight excluding hydrogens is 282 g/mol. The van der Waals surface area contributed by atoms with Crippen LogP contribution in [-0.2, 0) is 15.0 Å². The summed E-state index contributed by atoms with van der Waals surface area (Å²) in [5, 5.41) is 27.5. The van der Waals surface area contributed by atoms with Gasteiger partial charge in [0.15, 0.2) is 0 Å². The zero-order valence-electron chi connectivity index (χ0n) is 10.7. The van der Waals surface area contributed by atoms with Gasteiger partial charge in [-0.15, -0.1) is 0 Å². The molecule has 1 aromatic rings. The predicted octanol–water partition coefficient (Wildman–Crippen LogP) is 2.83. The third kappa shape index (κ3) is 4.25. The van der Waals surface area contributed by atoms with Gasteiger partial charge < -0.3 is 10.2 Å². The van der Waals surface area contributed by atoms with Gasteiger partial charge in [0.25, 0.3) is 0 Å². The van der Waals surface area contributed by atoms with E-state index in [1.807, 2.05) is 0 Å². The molecule has 0 spiro atoms. The Kier molecular flexibility index (Phi) is 5.53. The van der Waals surface area contributed by atoms with Crippen molar-refractivity contribution in [3.05, 3.63) is 34.9 Å². The van der Waals surface area contributed by atoms with Crippen LogP contribution in [0.25, 0.3) is 0 Å². The highest BCUT2D eigenvalue weighted by Crippen LogP contribution is 2.34. The normalized spacial score (nSPS) is 10.8. The molecule has 0 unspecified atom stereocenters. The number of carboxylic acids is 2. The van der Waals surface area contributed by atoms with Gasteiger partial charge in [0.2, 0.25) is 0 Å². The molecule has 0 fully saturated rings. The zero-order valence-corrected chi connectivity index (χ0v) is 11.4. The Morgan fingerprint density at radius 3 is 1.90 bits per heavy atom. The number of hydrogen-bond acceptors (Lipinski definition) is 3. The van der Waals surface area contributed by atoms with Gasteiger partial charge in [0.1, 0.15) is 0 Å². The predicted molar refractivity (Wildman–Crippen MR) is 72.5 cm³/mol. The Bertz CT molecular complexity index is 515. The van der Waals surface area contributed by atoms with E-state index >= 15 is 0 Å². The first-order chi connectivity index (χ1) is 9.39. The number of rotatable bonds is 7. The van der Waals surface area contributed by atoms with Crippen LogP contribution in [0.3, 0.4) is 0 Å². The molecule has 0 radical (unpaired) electrons. The molecule has 106 valence electrons. The van der Waals surface area contributed by atoms with Gasteiger partial charge in [-0.1, -0.05) is 23.7 Å². The third-order valence-corrected chi connectivity index (χ3v) is 3.39. The number of halogens is 1. The second kappa shape index (κ2) is 6.92. The topological polar surface area (TPSA) is 98.4 Å². The number of carboxylic acid groups (broad SMARTS) is 2. The van der Waals surface area contributed by atoms with Crippen molar-refractivity contribution in [2.24, 2.45) is 0 Å². The summed E-state index contributed by atoms with van der Waals surface area (Å²) in [5.74, 6) is -2.04. The molecule has 5 nitrogen and oxygen atoms in total. The highest BCUT2D eigenvalue weighted by molar-refractivity contribution is 6.30. The molecule has 0 aliphatic carbocycles. The summed E-state index contributed by atoms with van der Waals surface area (Å²) in [6.07, 6.45) is -0.271. The standard InChI is InChI=1S/C14H14ClNO4/c15-11-3-1-10(2-4-11)14(9-16,7-5-12(17)18)8-6-13(19)20/h1-4H,5-8H2,(H,17,18)(H,19,20). The summed E-state index contributed by atoms with van der Waals surface area (Å²) in [7, 11) is 0. The zero-order chi connectivity index (χ0) is 15.2. The van der Waals surface area contributed by atoms with Crippen molar-refractivity contribution in [2.75, 3.05) is 0 Å². The maximum Gasteiger partial charge on any atom is 0.303 e. The lowest BCUT2D eigenvalue weighted by atomic mass is 9.74. The number of hydrogen-bond donors (Lipinski definition) is 2. The van der Waals surface area contributed by atoms with Crippen LogP contribution >= 0.6 is 11.6 Å². The van der Waals surface area contributed by atoms with E-state index in [2.05, 4.69) is 6.07 Å². The molecular formula is C14H14ClNO4. The minimum Gasteiger partial charge on any atom is -0.481 e. The summed E-state index contributed by atoms with van der Waals surface area (Å²) in [6.45, 7) is 0. The summed E-state index contributed by atoms with van der Waals surface area (Å²) in [5.41, 5.74) is -0.534. The van der Waals surface area contributed by atoms with Gasteiger partial charge in [-0.05, 0) is 30.5 Å². The molecule has 0 atom stereocenters. The lowest BCUT2D eigenvalue weighted by molar-refractivity contribution is -0.137. The minimum atomic E-state index is -1.12. The van der Waals surface area contributed by atoms with Crippen LogP contribution in [0, 0.1) is 11.3 Å². The molecule has 0 saturated heterocycles. The fourth-order valence-electron chi connectivity index (χ4n) is 2.00. The Morgan fingerprint density at radius 2 is 1.55 bits per heavy atom. The number of nitrogens with zero attached hydrogens (tertiary/aromatic N) is 1. The molecule has 0 bridgehead atoms. The van der Waals surface area contributed by atoms with E-state index in [1.165, 1.54) is 0 Å². The maximum atomic E-state index is 10.7. The summed E-state index contributed by atoms with van der Waals surface area (Å²) < 4.78 is 0. The Balaban J connectivity index is 3.08. The van der Waals surface area contributed by atoms with Crippen molar-refractivity contribution in [3.8, 4) is 6.07 Å². The van der Waals surface area contributed by atoms with E-state index in [0.29, 0.717) is 10.6 Å². The van der Waals surface area contributed by atoms with Crippen LogP contribution in [0.2, 0.25) is 5.02 Å². The first kappa shape index (κ1) is 16.0. The van der Waals surface area contributed by atoms with Crippen LogP contribution in [0.1, 0.15) is 31.2 Å². The summed E-state index contributed by atoms with van der Waals surface area (Å²) >= 11 is 5.79. The van der Waals surface area contributed by atoms with E-state index in [0.717, 1.165) is 0 Å². The average molecular weight is 296 g/mol. The van der Waals surface area contributed by atoms with Crippen LogP contribution in [-0.4, -0.2) is 22.2 Å². The van der Waals surface area contributed by atoms with Crippen molar-refractivity contribution in [1.29, 1.82) is 5.26 Å². The van der Waals surface area contributed by atoms with Gasteiger partial charge in [0.05, 0.1) is 11.5 Å². The summed E-state index contributed by atoms with van der Waals surface area (Å²) in [4.78, 5) is 21.5. The quantitative estimate of drug-likeness (QED) is 0.806. The van der Waals surface area contributed by atoms with Gasteiger partial charge >= 0.3 is 11.9 Å². The first-order valence-corrected chi connectivity index (χ1v) is 6.38. The van der Waals surface area contributed by atoms with Crippen molar-refractivity contribution in [1.82, 2.24) is 0 Å². The second-order valence-electron chi connectivity index (χ2n) is 4.49. The molecule has 0 heterocycles. The molecule has 1 aromatic carbocycles. The second-order valence-corrected chi connectivity index (χ2v) is 4.92. The molecule has 0 aromatic heterocycles. The Hall–Kier alpha value is -2.06. The van der Waals surface area contributed by atoms with E-state index in [9.17, 15) is 14.9 Å². The fourth-order valence-corrected chi connectivity index (χ4v) is 2.13. The van der Waals surface area contributed by atoms with E-state index < -0.39 is 17.4 Å². The van der Waals surface area contributed by atoms with Crippen molar-refractivity contribution in [2.45, 2.75) is 31.1 Å². The fraction of sp³-hybridized carbons (Fsp3) is 0.357. The first-order valence-electron chi connectivity index (χ1n) is 6.00. The van der Waals surface area contributed by atoms with Crippen LogP contribution in [0.15, 0.2) is 24.3 Å². The van der Waals surface area contributed by atoms with Crippen molar-refractivity contribution < 1.29 is 19.8 Å². The molecule has 0 aliphatic rings. The Morgan fingerprint density at radius 1 is 1.10 bits per heavy atom. The van der Waals surface area contributed by atoms with Crippen LogP contribution in [0.5, 0.6) is 0 Å². The van der Waals surface area contributed by atoms with E-state index in [4.69, 9.17) is 21.8 Å². The average Bonchev–Trinajstić information content (AvgIpc) is 2.40. The number of aliphatic carboxylic acids is 2. The highest BCUT2D eigenvalue weighted by atomic mass is 35.5. The Labute approximate surface area is 121 Å². The van der Waals surface area contributed by atoms with Gasteiger partial charge in [-0.25, -0.2) is 0 Å². The molecule has 2 N–H and O–H groups in total. The molecule has 0 aliphatic heterocycles. The number of carbonyl (C=O) groups is 2. The van der Waals surface area contributed by atoms with E-state index in [1.54, 1.807) is 24.3 Å². The smallest absolute Gasteiger partial charge is 0.303 e. The third-order valence-electron chi connectivity index (χ3n) is 3.14. The van der Waals surface area contributed by atoms with Crippen molar-refractivity contribution in [3.63, 3.8) is 0 Å². The molecule has 1 rings (SSSR count). The highest BCUT2D eigenvalue weighted by Gasteiger charge is 2.33. The maximum absolute atomic E-state index is 10.7. The van der Waals surface area contributed by atoms with Gasteiger partial charge in [-0.3, -0.25) is 9.59 Å². The van der Waals surface area contributed by atoms with Gasteiger partial charge in [0, 0.05) is 17.9 Å². The number of nitriles is 1. The van der Waals surface area contributed by atoms with Crippen LogP contribution in [0.4, 0.5) is 0 Å². The van der Waals surface area contributed by atoms with Gasteiger partial charge in [-0.2, -0.15) is 5.26 Å². The number of benzene rings is 1. The summed E-state index contributed by atoms with van der Waals surface area (Å²) in [6, 6.07) is 8.56. The molecule has 0 amide bonds. The monoisotopic (exact) mass is 295 g/mol. The molecule has 0 saturated carbocycles. The molecule has 20 heavy (non-hydrogen) atoms. The lowest BCUT2D eigenvalue weighted by Crippen LogP contribution is -2.26. The lowest BCUT2D eigenvalue weighted by Gasteiger charge is -2.26. The van der Waals surface area contributed by atoms with Crippen molar-refractivity contribution >= 4 is 23.5 Å². The molecule has 6 heteroatoms. The largest absolute Gasteiger partial charge is 0.481 e.